The molecule has 1 aromatic carbocycles. The van der Waals surface area contributed by atoms with Gasteiger partial charge in [0.2, 0.25) is 0 Å². The summed E-state index contributed by atoms with van der Waals surface area (Å²) in [6, 6.07) is 6.32. The van der Waals surface area contributed by atoms with Gasteiger partial charge < -0.3 is 10.4 Å². The van der Waals surface area contributed by atoms with E-state index in [0.29, 0.717) is 21.2 Å². The zero-order chi connectivity index (χ0) is 14.5. The molecule has 1 aromatic heterocycles. The molecule has 2 aromatic rings. The van der Waals surface area contributed by atoms with Crippen LogP contribution in [0.15, 0.2) is 36.7 Å². The van der Waals surface area contributed by atoms with E-state index in [1.54, 1.807) is 12.1 Å². The van der Waals surface area contributed by atoms with E-state index in [-0.39, 0.29) is 12.5 Å². The number of aliphatic hydroxyl groups excluding tert-OH is 1. The molecular weight excluding hydrogens is 301 g/mol. The van der Waals surface area contributed by atoms with E-state index in [4.69, 9.17) is 23.2 Å². The largest absolute Gasteiger partial charge is 0.387 e. The molecule has 0 aliphatic heterocycles. The second kappa shape index (κ2) is 6.65. The van der Waals surface area contributed by atoms with E-state index in [9.17, 15) is 9.90 Å². The fourth-order valence-electron chi connectivity index (χ4n) is 1.60. The topological polar surface area (TPSA) is 75.1 Å². The Balaban J connectivity index is 1.98. The molecule has 2 N–H and O–H groups in total. The van der Waals surface area contributed by atoms with Gasteiger partial charge in [0.05, 0.1) is 24.1 Å². The summed E-state index contributed by atoms with van der Waals surface area (Å²) in [5.41, 5.74) is 0.874. The molecule has 0 radical (unpaired) electrons. The minimum absolute atomic E-state index is 0.0303. The van der Waals surface area contributed by atoms with Gasteiger partial charge in [0.25, 0.3) is 5.91 Å². The van der Waals surface area contributed by atoms with Crippen molar-refractivity contribution < 1.29 is 9.90 Å². The maximum absolute atomic E-state index is 11.8. The van der Waals surface area contributed by atoms with Crippen LogP contribution in [0.2, 0.25) is 10.0 Å². The molecule has 7 heteroatoms. The first kappa shape index (κ1) is 14.7. The van der Waals surface area contributed by atoms with Gasteiger partial charge in [-0.3, -0.25) is 4.79 Å². The third-order valence-electron chi connectivity index (χ3n) is 2.62. The summed E-state index contributed by atoms with van der Waals surface area (Å²) in [5, 5.41) is 20.6. The summed E-state index contributed by atoms with van der Waals surface area (Å²) in [7, 11) is 0. The van der Waals surface area contributed by atoms with Crippen molar-refractivity contribution in [1.29, 1.82) is 0 Å². The molecule has 0 spiro atoms. The average Bonchev–Trinajstić information content (AvgIpc) is 2.45. The Kier molecular flexibility index (Phi) is 4.89. The Bertz CT molecular complexity index is 608. The highest BCUT2D eigenvalue weighted by atomic mass is 35.5. The summed E-state index contributed by atoms with van der Waals surface area (Å²) in [4.78, 5) is 11.8. The number of carbonyl (C=O) groups is 1. The van der Waals surface area contributed by atoms with Crippen LogP contribution in [0.4, 0.5) is 0 Å². The summed E-state index contributed by atoms with van der Waals surface area (Å²) < 4.78 is 0. The molecule has 1 atom stereocenters. The van der Waals surface area contributed by atoms with Crippen molar-refractivity contribution in [2.75, 3.05) is 6.54 Å². The number of nitrogens with zero attached hydrogens (tertiary/aromatic N) is 2. The number of hydrogen-bond donors (Lipinski definition) is 2. The van der Waals surface area contributed by atoms with Crippen molar-refractivity contribution >= 4 is 29.1 Å². The molecule has 0 saturated heterocycles. The van der Waals surface area contributed by atoms with Crippen molar-refractivity contribution in [1.82, 2.24) is 15.5 Å². The van der Waals surface area contributed by atoms with Crippen LogP contribution in [0.25, 0.3) is 0 Å². The highest BCUT2D eigenvalue weighted by Gasteiger charge is 2.14. The Morgan fingerprint density at radius 3 is 2.75 bits per heavy atom. The van der Waals surface area contributed by atoms with Crippen LogP contribution in [-0.4, -0.2) is 27.8 Å². The summed E-state index contributed by atoms with van der Waals surface area (Å²) >= 11 is 11.8. The Morgan fingerprint density at radius 2 is 2.10 bits per heavy atom. The molecule has 2 rings (SSSR count). The molecule has 5 nitrogen and oxygen atoms in total. The lowest BCUT2D eigenvalue weighted by Gasteiger charge is -2.13. The van der Waals surface area contributed by atoms with Gasteiger partial charge in [0.15, 0.2) is 0 Å². The molecule has 20 heavy (non-hydrogen) atoms. The predicted molar refractivity (Wildman–Crippen MR) is 75.8 cm³/mol. The van der Waals surface area contributed by atoms with Crippen molar-refractivity contribution in [2.45, 2.75) is 6.10 Å². The second-order valence-corrected chi connectivity index (χ2v) is 4.87. The quantitative estimate of drug-likeness (QED) is 0.908. The lowest BCUT2D eigenvalue weighted by molar-refractivity contribution is 0.0916. The minimum atomic E-state index is -0.918. The normalized spacial score (nSPS) is 11.9. The first-order valence-corrected chi connectivity index (χ1v) is 6.51. The van der Waals surface area contributed by atoms with Gasteiger partial charge >= 0.3 is 0 Å². The van der Waals surface area contributed by atoms with Gasteiger partial charge in [-0.1, -0.05) is 29.3 Å². The van der Waals surface area contributed by atoms with E-state index >= 15 is 0 Å². The number of rotatable bonds is 4. The number of halogens is 2. The van der Waals surface area contributed by atoms with Gasteiger partial charge in [0, 0.05) is 22.2 Å². The average molecular weight is 312 g/mol. The van der Waals surface area contributed by atoms with Crippen molar-refractivity contribution in [3.05, 3.63) is 57.8 Å². The van der Waals surface area contributed by atoms with Crippen LogP contribution < -0.4 is 5.32 Å². The molecule has 0 saturated carbocycles. The molecule has 1 unspecified atom stereocenters. The van der Waals surface area contributed by atoms with E-state index in [1.165, 1.54) is 24.5 Å². The zero-order valence-electron chi connectivity index (χ0n) is 10.3. The van der Waals surface area contributed by atoms with Gasteiger partial charge in [-0.2, -0.15) is 10.2 Å². The molecule has 1 heterocycles. The maximum atomic E-state index is 11.8. The van der Waals surface area contributed by atoms with Crippen molar-refractivity contribution in [3.63, 3.8) is 0 Å². The number of amides is 1. The number of aromatic nitrogens is 2. The summed E-state index contributed by atoms with van der Waals surface area (Å²) in [6.45, 7) is 0.0303. The Morgan fingerprint density at radius 1 is 1.30 bits per heavy atom. The Labute approximate surface area is 125 Å². The third kappa shape index (κ3) is 3.66. The van der Waals surface area contributed by atoms with Crippen molar-refractivity contribution in [2.24, 2.45) is 0 Å². The van der Waals surface area contributed by atoms with Gasteiger partial charge in [-0.15, -0.1) is 0 Å². The lowest BCUT2D eigenvalue weighted by Crippen LogP contribution is -2.28. The highest BCUT2D eigenvalue weighted by Crippen LogP contribution is 2.25. The summed E-state index contributed by atoms with van der Waals surface area (Å²) in [5.74, 6) is -0.343. The van der Waals surface area contributed by atoms with Crippen LogP contribution in [0.5, 0.6) is 0 Å². The number of hydrogen-bond acceptors (Lipinski definition) is 4. The molecule has 1 amide bonds. The van der Waals surface area contributed by atoms with Crippen LogP contribution in [0.3, 0.4) is 0 Å². The minimum Gasteiger partial charge on any atom is -0.387 e. The zero-order valence-corrected chi connectivity index (χ0v) is 11.8. The van der Waals surface area contributed by atoms with Crippen LogP contribution in [0, 0.1) is 0 Å². The fraction of sp³-hybridized carbons (Fsp3) is 0.154. The van der Waals surface area contributed by atoms with Crippen molar-refractivity contribution in [3.8, 4) is 0 Å². The first-order valence-electron chi connectivity index (χ1n) is 5.76. The molecule has 0 aliphatic carbocycles. The van der Waals surface area contributed by atoms with Crippen LogP contribution in [-0.2, 0) is 0 Å². The van der Waals surface area contributed by atoms with Gasteiger partial charge in [0.1, 0.15) is 0 Å². The molecule has 0 bridgehead atoms. The van der Waals surface area contributed by atoms with Gasteiger partial charge in [-0.05, 0) is 18.2 Å². The number of nitrogens with one attached hydrogen (secondary N) is 1. The Hall–Kier alpha value is -1.69. The number of aliphatic hydroxyl groups is 1. The van der Waals surface area contributed by atoms with Gasteiger partial charge in [-0.25, -0.2) is 0 Å². The first-order chi connectivity index (χ1) is 9.58. The predicted octanol–water partition coefficient (Wildman–Crippen LogP) is 2.25. The molecule has 0 fully saturated rings. The lowest BCUT2D eigenvalue weighted by atomic mass is 10.1. The van der Waals surface area contributed by atoms with E-state index in [1.807, 2.05) is 0 Å². The van der Waals surface area contributed by atoms with Crippen LogP contribution >= 0.6 is 23.2 Å². The van der Waals surface area contributed by atoms with Crippen LogP contribution in [0.1, 0.15) is 22.0 Å². The number of carbonyl (C=O) groups excluding carboxylic acids is 1. The molecule has 0 aliphatic rings. The maximum Gasteiger partial charge on any atom is 0.253 e. The highest BCUT2D eigenvalue weighted by molar-refractivity contribution is 6.35. The monoisotopic (exact) mass is 311 g/mol. The second-order valence-electron chi connectivity index (χ2n) is 4.02. The SMILES string of the molecule is O=C(NCC(O)c1ccc(Cl)cc1Cl)c1ccnnc1. The number of benzene rings is 1. The van der Waals surface area contributed by atoms with E-state index in [2.05, 4.69) is 15.5 Å². The standard InChI is InChI=1S/C13H11Cl2N3O2/c14-9-1-2-10(11(15)5-9)12(19)7-16-13(20)8-3-4-17-18-6-8/h1-6,12,19H,7H2,(H,16,20). The summed E-state index contributed by atoms with van der Waals surface area (Å²) in [6.07, 6.45) is 1.84. The smallest absolute Gasteiger partial charge is 0.253 e. The fourth-order valence-corrected chi connectivity index (χ4v) is 2.13. The third-order valence-corrected chi connectivity index (χ3v) is 3.19. The molecule has 104 valence electrons. The van der Waals surface area contributed by atoms with E-state index in [0.717, 1.165) is 0 Å². The molecular formula is C13H11Cl2N3O2. The van der Waals surface area contributed by atoms with E-state index < -0.39 is 6.10 Å².